The quantitative estimate of drug-likeness (QED) is 0.588. The summed E-state index contributed by atoms with van der Waals surface area (Å²) in [7, 11) is 4.66. The number of nitrogens with one attached hydrogen (secondary N) is 1. The predicted octanol–water partition coefficient (Wildman–Crippen LogP) is 3.55. The summed E-state index contributed by atoms with van der Waals surface area (Å²) in [5.74, 6) is 1.33. The smallest absolute Gasteiger partial charge is 0.275 e. The molecule has 1 amide bonds. The Bertz CT molecular complexity index is 806. The third kappa shape index (κ3) is 4.51. The standard InChI is InChI=1S/C18H19BrN2O4/c1-11-7-16(24-3)17(25-4)8-12(11)10-20-21-18(22)14-9-13(19)5-6-15(14)23-2/h5-10H,1-4H3,(H,21,22). The minimum atomic E-state index is -0.368. The van der Waals surface area contributed by atoms with E-state index >= 15 is 0 Å². The first kappa shape index (κ1) is 18.8. The van der Waals surface area contributed by atoms with E-state index < -0.39 is 0 Å². The fraction of sp³-hybridized carbons (Fsp3) is 0.222. The third-order valence-electron chi connectivity index (χ3n) is 3.55. The van der Waals surface area contributed by atoms with Gasteiger partial charge in [0.05, 0.1) is 33.1 Å². The normalized spacial score (nSPS) is 10.6. The SMILES string of the molecule is COc1cc(C)c(C=NNC(=O)c2cc(Br)ccc2OC)cc1OC. The number of ether oxygens (including phenoxy) is 3. The molecular weight excluding hydrogens is 388 g/mol. The zero-order chi connectivity index (χ0) is 18.4. The highest BCUT2D eigenvalue weighted by Gasteiger charge is 2.12. The van der Waals surface area contributed by atoms with Gasteiger partial charge in [-0.25, -0.2) is 5.43 Å². The molecule has 0 heterocycles. The van der Waals surface area contributed by atoms with Gasteiger partial charge in [-0.2, -0.15) is 5.10 Å². The van der Waals surface area contributed by atoms with Gasteiger partial charge in [0.15, 0.2) is 11.5 Å². The summed E-state index contributed by atoms with van der Waals surface area (Å²) in [5.41, 5.74) is 4.63. The van der Waals surface area contributed by atoms with Gasteiger partial charge in [0.2, 0.25) is 0 Å². The molecule has 0 saturated carbocycles. The molecule has 0 atom stereocenters. The molecule has 2 aromatic rings. The number of nitrogens with zero attached hydrogens (tertiary/aromatic N) is 1. The Morgan fingerprint density at radius 1 is 1.04 bits per heavy atom. The predicted molar refractivity (Wildman–Crippen MR) is 100 cm³/mol. The van der Waals surface area contributed by atoms with Crippen molar-refractivity contribution in [3.63, 3.8) is 0 Å². The van der Waals surface area contributed by atoms with Crippen molar-refractivity contribution in [1.82, 2.24) is 5.43 Å². The number of methoxy groups -OCH3 is 3. The van der Waals surface area contributed by atoms with Gasteiger partial charge in [-0.3, -0.25) is 4.79 Å². The van der Waals surface area contributed by atoms with E-state index in [2.05, 4.69) is 26.5 Å². The van der Waals surface area contributed by atoms with Gasteiger partial charge in [-0.05, 0) is 42.8 Å². The highest BCUT2D eigenvalue weighted by molar-refractivity contribution is 9.10. The highest BCUT2D eigenvalue weighted by atomic mass is 79.9. The summed E-state index contributed by atoms with van der Waals surface area (Å²) in [4.78, 5) is 12.3. The number of rotatable bonds is 6. The number of hydrogen-bond acceptors (Lipinski definition) is 5. The molecule has 0 saturated heterocycles. The summed E-state index contributed by atoms with van der Waals surface area (Å²) >= 11 is 3.34. The molecular formula is C18H19BrN2O4. The van der Waals surface area contributed by atoms with Gasteiger partial charge in [0, 0.05) is 10.0 Å². The molecule has 25 heavy (non-hydrogen) atoms. The summed E-state index contributed by atoms with van der Waals surface area (Å²) in [6.45, 7) is 1.92. The second-order valence-corrected chi connectivity index (χ2v) is 6.02. The van der Waals surface area contributed by atoms with Crippen molar-refractivity contribution in [2.45, 2.75) is 6.92 Å². The van der Waals surface area contributed by atoms with Gasteiger partial charge >= 0.3 is 0 Å². The Labute approximate surface area is 154 Å². The third-order valence-corrected chi connectivity index (χ3v) is 4.04. The molecule has 6 nitrogen and oxygen atoms in total. The molecule has 0 fully saturated rings. The lowest BCUT2D eigenvalue weighted by atomic mass is 10.1. The number of carbonyl (C=O) groups is 1. The lowest BCUT2D eigenvalue weighted by molar-refractivity contribution is 0.0952. The van der Waals surface area contributed by atoms with Crippen LogP contribution in [0.4, 0.5) is 0 Å². The number of carbonyl (C=O) groups excluding carboxylic acids is 1. The van der Waals surface area contributed by atoms with Gasteiger partial charge in [-0.1, -0.05) is 15.9 Å². The van der Waals surface area contributed by atoms with Crippen molar-refractivity contribution in [3.8, 4) is 17.2 Å². The highest BCUT2D eigenvalue weighted by Crippen LogP contribution is 2.29. The van der Waals surface area contributed by atoms with Crippen LogP contribution >= 0.6 is 15.9 Å². The van der Waals surface area contributed by atoms with Crippen molar-refractivity contribution < 1.29 is 19.0 Å². The van der Waals surface area contributed by atoms with Crippen molar-refractivity contribution in [2.75, 3.05) is 21.3 Å². The summed E-state index contributed by atoms with van der Waals surface area (Å²) in [6.07, 6.45) is 1.56. The van der Waals surface area contributed by atoms with E-state index in [1.807, 2.05) is 13.0 Å². The average molecular weight is 407 g/mol. The van der Waals surface area contributed by atoms with E-state index in [1.165, 1.54) is 7.11 Å². The zero-order valence-electron chi connectivity index (χ0n) is 14.4. The van der Waals surface area contributed by atoms with Gasteiger partial charge in [0.1, 0.15) is 5.75 Å². The van der Waals surface area contributed by atoms with Gasteiger partial charge in [-0.15, -0.1) is 0 Å². The number of benzene rings is 2. The second kappa shape index (κ2) is 8.53. The zero-order valence-corrected chi connectivity index (χ0v) is 16.0. The molecule has 2 rings (SSSR count). The second-order valence-electron chi connectivity index (χ2n) is 5.11. The Morgan fingerprint density at radius 2 is 1.68 bits per heavy atom. The molecule has 7 heteroatoms. The minimum Gasteiger partial charge on any atom is -0.496 e. The maximum Gasteiger partial charge on any atom is 0.275 e. The van der Waals surface area contributed by atoms with E-state index in [9.17, 15) is 4.79 Å². The number of hydrazone groups is 1. The van der Waals surface area contributed by atoms with Gasteiger partial charge < -0.3 is 14.2 Å². The van der Waals surface area contributed by atoms with Crippen LogP contribution in [0.15, 0.2) is 39.9 Å². The number of hydrogen-bond donors (Lipinski definition) is 1. The summed E-state index contributed by atoms with van der Waals surface area (Å²) < 4.78 is 16.5. The number of amides is 1. The minimum absolute atomic E-state index is 0.368. The van der Waals surface area contributed by atoms with Gasteiger partial charge in [0.25, 0.3) is 5.91 Å². The Hall–Kier alpha value is -2.54. The van der Waals surface area contributed by atoms with Crippen LogP contribution in [0.5, 0.6) is 17.2 Å². The molecule has 0 aliphatic rings. The molecule has 0 bridgehead atoms. The Morgan fingerprint density at radius 3 is 2.32 bits per heavy atom. The lowest BCUT2D eigenvalue weighted by Crippen LogP contribution is -2.18. The van der Waals surface area contributed by atoms with E-state index in [0.29, 0.717) is 22.8 Å². The van der Waals surface area contributed by atoms with Crippen LogP contribution in [0, 0.1) is 6.92 Å². The molecule has 0 spiro atoms. The largest absolute Gasteiger partial charge is 0.496 e. The van der Waals surface area contributed by atoms with Crippen molar-refractivity contribution in [2.24, 2.45) is 5.10 Å². The molecule has 132 valence electrons. The van der Waals surface area contributed by atoms with Crippen molar-refractivity contribution in [1.29, 1.82) is 0 Å². The molecule has 0 radical (unpaired) electrons. The Balaban J connectivity index is 2.18. The van der Waals surface area contributed by atoms with E-state index in [1.54, 1.807) is 44.7 Å². The number of halogens is 1. The van der Waals surface area contributed by atoms with Crippen LogP contribution < -0.4 is 19.6 Å². The van der Waals surface area contributed by atoms with Crippen LogP contribution in [0.1, 0.15) is 21.5 Å². The monoisotopic (exact) mass is 406 g/mol. The van der Waals surface area contributed by atoms with Crippen molar-refractivity contribution in [3.05, 3.63) is 51.5 Å². The van der Waals surface area contributed by atoms with Crippen LogP contribution in [-0.4, -0.2) is 33.5 Å². The van der Waals surface area contributed by atoms with Crippen LogP contribution in [0.3, 0.4) is 0 Å². The molecule has 0 unspecified atom stereocenters. The Kier molecular flexibility index (Phi) is 6.41. The number of aryl methyl sites for hydroxylation is 1. The average Bonchev–Trinajstić information content (AvgIpc) is 2.62. The van der Waals surface area contributed by atoms with Crippen LogP contribution in [0.2, 0.25) is 0 Å². The van der Waals surface area contributed by atoms with Crippen LogP contribution in [-0.2, 0) is 0 Å². The van der Waals surface area contributed by atoms with Crippen molar-refractivity contribution >= 4 is 28.1 Å². The molecule has 0 aliphatic heterocycles. The van der Waals surface area contributed by atoms with Crippen LogP contribution in [0.25, 0.3) is 0 Å². The summed E-state index contributed by atoms with van der Waals surface area (Å²) in [6, 6.07) is 8.82. The first-order valence-electron chi connectivity index (χ1n) is 7.39. The van der Waals surface area contributed by atoms with E-state index in [4.69, 9.17) is 14.2 Å². The summed E-state index contributed by atoms with van der Waals surface area (Å²) in [5, 5.41) is 4.02. The molecule has 0 aromatic heterocycles. The maximum absolute atomic E-state index is 12.3. The first-order valence-corrected chi connectivity index (χ1v) is 8.19. The van der Waals surface area contributed by atoms with E-state index in [-0.39, 0.29) is 5.91 Å². The maximum atomic E-state index is 12.3. The topological polar surface area (TPSA) is 69.2 Å². The lowest BCUT2D eigenvalue weighted by Gasteiger charge is -2.10. The first-order chi connectivity index (χ1) is 12.0. The fourth-order valence-corrected chi connectivity index (χ4v) is 2.57. The fourth-order valence-electron chi connectivity index (χ4n) is 2.21. The van der Waals surface area contributed by atoms with E-state index in [0.717, 1.165) is 15.6 Å². The molecule has 2 aromatic carbocycles. The molecule has 0 aliphatic carbocycles. The molecule has 1 N–H and O–H groups in total.